The minimum atomic E-state index is -4.47. The first-order chi connectivity index (χ1) is 8.79. The van der Waals surface area contributed by atoms with Crippen LogP contribution < -0.4 is 5.73 Å². The monoisotopic (exact) mass is 268 g/mol. The van der Waals surface area contributed by atoms with Crippen LogP contribution in [0, 0.1) is 12.3 Å². The van der Waals surface area contributed by atoms with Crippen LogP contribution in [-0.2, 0) is 6.18 Å². The molecule has 3 N–H and O–H groups in total. The van der Waals surface area contributed by atoms with E-state index in [-0.39, 0.29) is 5.56 Å². The molecule has 7 heteroatoms. The second-order valence-electron chi connectivity index (χ2n) is 4.11. The summed E-state index contributed by atoms with van der Waals surface area (Å²) in [5.74, 6) is -0.436. The number of hydrogen-bond donors (Lipinski definition) is 2. The molecular weight excluding hydrogens is 257 g/mol. The van der Waals surface area contributed by atoms with Crippen molar-refractivity contribution in [2.45, 2.75) is 13.1 Å². The maximum atomic E-state index is 12.6. The third-order valence-electron chi connectivity index (χ3n) is 2.57. The first-order valence-corrected chi connectivity index (χ1v) is 5.36. The lowest BCUT2D eigenvalue weighted by molar-refractivity contribution is -0.137. The van der Waals surface area contributed by atoms with Gasteiger partial charge in [0, 0.05) is 11.8 Å². The normalized spacial score (nSPS) is 11.6. The fourth-order valence-corrected chi connectivity index (χ4v) is 1.67. The molecule has 0 aliphatic heterocycles. The quantitative estimate of drug-likeness (QED) is 0.649. The fourth-order valence-electron chi connectivity index (χ4n) is 1.67. The van der Waals surface area contributed by atoms with Crippen molar-refractivity contribution < 1.29 is 13.2 Å². The van der Waals surface area contributed by atoms with Crippen molar-refractivity contribution in [3.8, 4) is 5.69 Å². The first kappa shape index (κ1) is 13.1. The maximum Gasteiger partial charge on any atom is 0.416 e. The third kappa shape index (κ3) is 2.59. The number of alkyl halides is 3. The molecule has 0 saturated carbocycles. The Morgan fingerprint density at radius 2 is 2.05 bits per heavy atom. The van der Waals surface area contributed by atoms with Crippen molar-refractivity contribution in [2.24, 2.45) is 5.73 Å². The number of rotatable bonds is 2. The molecule has 0 fully saturated rings. The summed E-state index contributed by atoms with van der Waals surface area (Å²) >= 11 is 0. The van der Waals surface area contributed by atoms with Gasteiger partial charge < -0.3 is 5.73 Å². The number of nitrogens with one attached hydrogen (secondary N) is 1. The second kappa shape index (κ2) is 4.42. The van der Waals surface area contributed by atoms with Crippen molar-refractivity contribution in [2.75, 3.05) is 0 Å². The number of benzene rings is 1. The summed E-state index contributed by atoms with van der Waals surface area (Å²) < 4.78 is 39.3. The van der Waals surface area contributed by atoms with Gasteiger partial charge in [0.2, 0.25) is 0 Å². The van der Waals surface area contributed by atoms with Gasteiger partial charge in [0.05, 0.1) is 17.4 Å². The average molecular weight is 268 g/mol. The van der Waals surface area contributed by atoms with Gasteiger partial charge in [-0.2, -0.15) is 18.3 Å². The van der Waals surface area contributed by atoms with E-state index in [0.717, 1.165) is 17.7 Å². The lowest BCUT2D eigenvalue weighted by atomic mass is 10.1. The number of hydrogen-bond acceptors (Lipinski definition) is 2. The van der Waals surface area contributed by atoms with E-state index in [0.29, 0.717) is 5.69 Å². The van der Waals surface area contributed by atoms with E-state index in [1.165, 1.54) is 10.7 Å². The molecule has 0 aliphatic rings. The molecule has 19 heavy (non-hydrogen) atoms. The van der Waals surface area contributed by atoms with E-state index < -0.39 is 17.6 Å². The summed E-state index contributed by atoms with van der Waals surface area (Å²) in [6, 6.07) is 3.06. The van der Waals surface area contributed by atoms with Crippen LogP contribution in [0.1, 0.15) is 16.7 Å². The Hall–Kier alpha value is -2.31. The summed E-state index contributed by atoms with van der Waals surface area (Å²) in [7, 11) is 0. The van der Waals surface area contributed by atoms with Crippen molar-refractivity contribution >= 4 is 5.84 Å². The zero-order valence-corrected chi connectivity index (χ0v) is 9.99. The largest absolute Gasteiger partial charge is 0.416 e. The Kier molecular flexibility index (Phi) is 3.05. The summed E-state index contributed by atoms with van der Waals surface area (Å²) in [4.78, 5) is 0. The van der Waals surface area contributed by atoms with Crippen LogP contribution in [0.3, 0.4) is 0 Å². The Balaban J connectivity index is 2.60. The van der Waals surface area contributed by atoms with Crippen LogP contribution in [0.25, 0.3) is 5.69 Å². The van der Waals surface area contributed by atoms with Crippen LogP contribution in [0.15, 0.2) is 30.6 Å². The SMILES string of the molecule is Cc1cnn(-c2ccc(C(F)(F)F)cc2C(=N)N)c1. The molecule has 0 aliphatic carbocycles. The third-order valence-corrected chi connectivity index (χ3v) is 2.57. The second-order valence-corrected chi connectivity index (χ2v) is 4.11. The molecule has 1 heterocycles. The van der Waals surface area contributed by atoms with Gasteiger partial charge in [0.25, 0.3) is 0 Å². The fraction of sp³-hybridized carbons (Fsp3) is 0.167. The van der Waals surface area contributed by atoms with E-state index in [1.807, 2.05) is 0 Å². The van der Waals surface area contributed by atoms with Gasteiger partial charge in [0.15, 0.2) is 0 Å². The molecule has 0 atom stereocenters. The predicted octanol–water partition coefficient (Wildman–Crippen LogP) is 2.48. The molecule has 0 bridgehead atoms. The summed E-state index contributed by atoms with van der Waals surface area (Å²) in [5.41, 5.74) is 5.70. The van der Waals surface area contributed by atoms with E-state index in [1.54, 1.807) is 19.3 Å². The van der Waals surface area contributed by atoms with Crippen LogP contribution in [0.5, 0.6) is 0 Å². The van der Waals surface area contributed by atoms with Crippen LogP contribution >= 0.6 is 0 Å². The Labute approximate surface area is 107 Å². The van der Waals surface area contributed by atoms with Crippen LogP contribution in [0.4, 0.5) is 13.2 Å². The van der Waals surface area contributed by atoms with Crippen molar-refractivity contribution in [3.63, 3.8) is 0 Å². The molecule has 0 spiro atoms. The smallest absolute Gasteiger partial charge is 0.384 e. The van der Waals surface area contributed by atoms with E-state index >= 15 is 0 Å². The lowest BCUT2D eigenvalue weighted by Crippen LogP contribution is -2.17. The van der Waals surface area contributed by atoms with Crippen molar-refractivity contribution in [3.05, 3.63) is 47.3 Å². The van der Waals surface area contributed by atoms with Gasteiger partial charge >= 0.3 is 6.18 Å². The maximum absolute atomic E-state index is 12.6. The Morgan fingerprint density at radius 1 is 1.37 bits per heavy atom. The standard InChI is InChI=1S/C12H11F3N4/c1-7-5-18-19(6-7)10-3-2-8(12(13,14)15)4-9(10)11(16)17/h2-6H,1H3,(H3,16,17). The van der Waals surface area contributed by atoms with Gasteiger partial charge in [0.1, 0.15) is 5.84 Å². The van der Waals surface area contributed by atoms with Crippen LogP contribution in [-0.4, -0.2) is 15.6 Å². The number of amidine groups is 1. The molecule has 1 aromatic heterocycles. The van der Waals surface area contributed by atoms with Crippen molar-refractivity contribution in [1.29, 1.82) is 5.41 Å². The van der Waals surface area contributed by atoms with E-state index in [9.17, 15) is 13.2 Å². The number of halogens is 3. The van der Waals surface area contributed by atoms with Gasteiger partial charge in [-0.05, 0) is 30.7 Å². The van der Waals surface area contributed by atoms with E-state index in [2.05, 4.69) is 5.10 Å². The molecule has 1 aromatic carbocycles. The molecule has 2 rings (SSSR count). The summed E-state index contributed by atoms with van der Waals surface area (Å²) in [6.07, 6.45) is -1.25. The summed E-state index contributed by atoms with van der Waals surface area (Å²) in [6.45, 7) is 1.81. The average Bonchev–Trinajstić information content (AvgIpc) is 2.73. The number of nitrogens with zero attached hydrogens (tertiary/aromatic N) is 2. The highest BCUT2D eigenvalue weighted by molar-refractivity contribution is 5.98. The van der Waals surface area contributed by atoms with Crippen LogP contribution in [0.2, 0.25) is 0 Å². The zero-order chi connectivity index (χ0) is 14.2. The molecule has 0 saturated heterocycles. The molecule has 0 unspecified atom stereocenters. The molecule has 0 radical (unpaired) electrons. The number of aromatic nitrogens is 2. The number of nitrogens with two attached hydrogens (primary N) is 1. The molecule has 2 aromatic rings. The molecule has 4 nitrogen and oxygen atoms in total. The van der Waals surface area contributed by atoms with E-state index in [4.69, 9.17) is 11.1 Å². The highest BCUT2D eigenvalue weighted by atomic mass is 19.4. The predicted molar refractivity (Wildman–Crippen MR) is 64.3 cm³/mol. The Bertz CT molecular complexity index is 628. The zero-order valence-electron chi connectivity index (χ0n) is 9.99. The molecule has 100 valence electrons. The lowest BCUT2D eigenvalue weighted by Gasteiger charge is -2.12. The van der Waals surface area contributed by atoms with Crippen molar-refractivity contribution in [1.82, 2.24) is 9.78 Å². The number of nitrogen functional groups attached to an aromatic ring is 1. The van der Waals surface area contributed by atoms with Gasteiger partial charge in [-0.3, -0.25) is 5.41 Å². The first-order valence-electron chi connectivity index (χ1n) is 5.36. The highest BCUT2D eigenvalue weighted by Gasteiger charge is 2.31. The number of aryl methyl sites for hydroxylation is 1. The topological polar surface area (TPSA) is 67.7 Å². The summed E-state index contributed by atoms with van der Waals surface area (Å²) in [5, 5.41) is 11.4. The Morgan fingerprint density at radius 3 is 2.53 bits per heavy atom. The van der Waals surface area contributed by atoms with Gasteiger partial charge in [-0.15, -0.1) is 0 Å². The molecule has 0 amide bonds. The van der Waals surface area contributed by atoms with Gasteiger partial charge in [-0.25, -0.2) is 4.68 Å². The molecular formula is C12H11F3N4. The highest BCUT2D eigenvalue weighted by Crippen LogP contribution is 2.31. The van der Waals surface area contributed by atoms with Gasteiger partial charge in [-0.1, -0.05) is 0 Å². The minimum Gasteiger partial charge on any atom is -0.384 e. The minimum absolute atomic E-state index is 0.00192.